The summed E-state index contributed by atoms with van der Waals surface area (Å²) in [6, 6.07) is 11.7. The fourth-order valence-electron chi connectivity index (χ4n) is 2.80. The minimum absolute atomic E-state index is 0.0284. The molecule has 0 saturated carbocycles. The average Bonchev–Trinajstić information content (AvgIpc) is 2.99. The van der Waals surface area contributed by atoms with E-state index in [1.807, 2.05) is 13.0 Å². The maximum Gasteiger partial charge on any atom is 0.293 e. The van der Waals surface area contributed by atoms with Gasteiger partial charge in [0.15, 0.2) is 0 Å². The van der Waals surface area contributed by atoms with E-state index in [1.54, 1.807) is 30.3 Å². The van der Waals surface area contributed by atoms with Crippen molar-refractivity contribution in [3.63, 3.8) is 0 Å². The Hall–Kier alpha value is -2.89. The summed E-state index contributed by atoms with van der Waals surface area (Å²) >= 11 is 0. The number of nitrogens with zero attached hydrogens (tertiary/aromatic N) is 2. The Morgan fingerprint density at radius 1 is 1.26 bits per heavy atom. The van der Waals surface area contributed by atoms with Gasteiger partial charge in [-0.15, -0.1) is 0 Å². The van der Waals surface area contributed by atoms with Gasteiger partial charge in [-0.25, -0.2) is 0 Å². The van der Waals surface area contributed by atoms with Gasteiger partial charge in [0.05, 0.1) is 11.5 Å². The number of fused-ring (bicyclic) bond motifs is 1. The molecule has 0 N–H and O–H groups in total. The zero-order chi connectivity index (χ0) is 16.4. The van der Waals surface area contributed by atoms with Gasteiger partial charge in [0.1, 0.15) is 11.4 Å². The summed E-state index contributed by atoms with van der Waals surface area (Å²) in [7, 11) is 0. The van der Waals surface area contributed by atoms with Gasteiger partial charge >= 0.3 is 0 Å². The van der Waals surface area contributed by atoms with Crippen LogP contribution in [0.25, 0.3) is 0 Å². The minimum Gasteiger partial charge on any atom is -0.494 e. The van der Waals surface area contributed by atoms with Crippen LogP contribution in [0.1, 0.15) is 22.8 Å². The van der Waals surface area contributed by atoms with Crippen molar-refractivity contribution >= 4 is 17.3 Å². The van der Waals surface area contributed by atoms with E-state index in [0.717, 1.165) is 5.56 Å². The van der Waals surface area contributed by atoms with Crippen molar-refractivity contribution in [2.24, 2.45) is 0 Å². The number of amides is 1. The van der Waals surface area contributed by atoms with Crippen LogP contribution >= 0.6 is 0 Å². The van der Waals surface area contributed by atoms with Gasteiger partial charge in [-0.05, 0) is 43.2 Å². The molecule has 1 aliphatic rings. The molecular formula is C17H16N2O4. The summed E-state index contributed by atoms with van der Waals surface area (Å²) in [5, 5.41) is 11.2. The number of anilines is 1. The van der Waals surface area contributed by atoms with Gasteiger partial charge in [-0.2, -0.15) is 0 Å². The van der Waals surface area contributed by atoms with E-state index in [9.17, 15) is 14.9 Å². The van der Waals surface area contributed by atoms with Gasteiger partial charge in [0, 0.05) is 18.2 Å². The minimum atomic E-state index is -0.442. The molecule has 23 heavy (non-hydrogen) atoms. The molecule has 0 bridgehead atoms. The molecule has 0 fully saturated rings. The van der Waals surface area contributed by atoms with Crippen molar-refractivity contribution in [3.05, 3.63) is 63.7 Å². The molecule has 6 nitrogen and oxygen atoms in total. The molecule has 3 rings (SSSR count). The molecule has 118 valence electrons. The van der Waals surface area contributed by atoms with Crippen molar-refractivity contribution in [2.75, 3.05) is 18.1 Å². The summed E-state index contributed by atoms with van der Waals surface area (Å²) < 4.78 is 5.36. The predicted molar refractivity (Wildman–Crippen MR) is 86.1 cm³/mol. The number of hydrogen-bond donors (Lipinski definition) is 0. The Morgan fingerprint density at radius 2 is 2.00 bits per heavy atom. The molecule has 0 aliphatic carbocycles. The molecule has 0 atom stereocenters. The third-order valence-electron chi connectivity index (χ3n) is 3.83. The molecule has 2 aromatic rings. The lowest BCUT2D eigenvalue weighted by Gasteiger charge is -2.17. The Kier molecular flexibility index (Phi) is 3.97. The smallest absolute Gasteiger partial charge is 0.293 e. The van der Waals surface area contributed by atoms with E-state index in [2.05, 4.69) is 0 Å². The molecule has 0 saturated heterocycles. The largest absolute Gasteiger partial charge is 0.494 e. The number of hydrogen-bond acceptors (Lipinski definition) is 4. The lowest BCUT2D eigenvalue weighted by Crippen LogP contribution is -2.29. The van der Waals surface area contributed by atoms with Crippen LogP contribution in [-0.2, 0) is 6.42 Å². The zero-order valence-corrected chi connectivity index (χ0v) is 12.7. The molecule has 0 radical (unpaired) electrons. The number of benzene rings is 2. The van der Waals surface area contributed by atoms with E-state index in [1.165, 1.54) is 11.0 Å². The van der Waals surface area contributed by atoms with Crippen LogP contribution in [0.3, 0.4) is 0 Å². The standard InChI is InChI=1S/C17H16N2O4/c1-2-23-14-8-6-13(7-9-14)17(20)18-11-10-12-4-3-5-15(16(12)18)19(21)22/h3-9H,2,10-11H2,1H3. The summed E-state index contributed by atoms with van der Waals surface area (Å²) in [6.07, 6.45) is 0.625. The number of carbonyl (C=O) groups excluding carboxylic acids is 1. The highest BCUT2D eigenvalue weighted by Gasteiger charge is 2.32. The van der Waals surface area contributed by atoms with E-state index < -0.39 is 4.92 Å². The average molecular weight is 312 g/mol. The molecule has 0 aromatic heterocycles. The number of nitro groups is 1. The second-order valence-electron chi connectivity index (χ2n) is 5.21. The Bertz CT molecular complexity index is 756. The van der Waals surface area contributed by atoms with Crippen molar-refractivity contribution in [3.8, 4) is 5.75 Å². The maximum atomic E-state index is 12.7. The molecule has 1 amide bonds. The van der Waals surface area contributed by atoms with Gasteiger partial charge < -0.3 is 9.64 Å². The Labute approximate surface area is 133 Å². The molecule has 0 unspecified atom stereocenters. The highest BCUT2D eigenvalue weighted by molar-refractivity contribution is 6.08. The van der Waals surface area contributed by atoms with Crippen LogP contribution in [-0.4, -0.2) is 24.0 Å². The van der Waals surface area contributed by atoms with Crippen molar-refractivity contribution < 1.29 is 14.5 Å². The second kappa shape index (κ2) is 6.08. The number of rotatable bonds is 4. The van der Waals surface area contributed by atoms with Crippen LogP contribution in [0, 0.1) is 10.1 Å². The summed E-state index contributed by atoms with van der Waals surface area (Å²) in [6.45, 7) is 2.89. The van der Waals surface area contributed by atoms with Crippen LogP contribution in [0.2, 0.25) is 0 Å². The maximum absolute atomic E-state index is 12.7. The Balaban J connectivity index is 1.93. The van der Waals surface area contributed by atoms with E-state index in [-0.39, 0.29) is 11.6 Å². The third kappa shape index (κ3) is 2.75. The number of carbonyl (C=O) groups is 1. The first-order chi connectivity index (χ1) is 11.1. The van der Waals surface area contributed by atoms with Gasteiger partial charge in [0.2, 0.25) is 0 Å². The molecular weight excluding hydrogens is 296 g/mol. The lowest BCUT2D eigenvalue weighted by molar-refractivity contribution is -0.384. The van der Waals surface area contributed by atoms with E-state index >= 15 is 0 Å². The third-order valence-corrected chi connectivity index (χ3v) is 3.83. The van der Waals surface area contributed by atoms with E-state index in [0.29, 0.717) is 36.6 Å². The Morgan fingerprint density at radius 3 is 2.65 bits per heavy atom. The first-order valence-corrected chi connectivity index (χ1v) is 7.43. The quantitative estimate of drug-likeness (QED) is 0.642. The summed E-state index contributed by atoms with van der Waals surface area (Å²) in [5.41, 5.74) is 1.70. The molecule has 1 heterocycles. The van der Waals surface area contributed by atoms with Crippen LogP contribution < -0.4 is 9.64 Å². The van der Waals surface area contributed by atoms with Crippen LogP contribution in [0.15, 0.2) is 42.5 Å². The lowest BCUT2D eigenvalue weighted by atomic mass is 10.1. The van der Waals surface area contributed by atoms with Crippen molar-refractivity contribution in [2.45, 2.75) is 13.3 Å². The molecule has 1 aliphatic heterocycles. The first-order valence-electron chi connectivity index (χ1n) is 7.43. The summed E-state index contributed by atoms with van der Waals surface area (Å²) in [4.78, 5) is 25.0. The number of nitro benzene ring substituents is 1. The van der Waals surface area contributed by atoms with Crippen molar-refractivity contribution in [1.82, 2.24) is 0 Å². The van der Waals surface area contributed by atoms with Crippen LogP contribution in [0.5, 0.6) is 5.75 Å². The predicted octanol–water partition coefficient (Wildman–Crippen LogP) is 3.20. The van der Waals surface area contributed by atoms with Crippen LogP contribution in [0.4, 0.5) is 11.4 Å². The molecule has 2 aromatic carbocycles. The van der Waals surface area contributed by atoms with E-state index in [4.69, 9.17) is 4.74 Å². The topological polar surface area (TPSA) is 72.7 Å². The number of ether oxygens (including phenoxy) is 1. The van der Waals surface area contributed by atoms with Crippen molar-refractivity contribution in [1.29, 1.82) is 0 Å². The van der Waals surface area contributed by atoms with Gasteiger partial charge in [-0.1, -0.05) is 12.1 Å². The SMILES string of the molecule is CCOc1ccc(C(=O)N2CCc3cccc([N+](=O)[O-])c32)cc1. The summed E-state index contributed by atoms with van der Waals surface area (Å²) in [5.74, 6) is 0.456. The van der Waals surface area contributed by atoms with Gasteiger partial charge in [0.25, 0.3) is 11.6 Å². The molecule has 0 spiro atoms. The highest BCUT2D eigenvalue weighted by atomic mass is 16.6. The fraction of sp³-hybridized carbons (Fsp3) is 0.235. The normalized spacial score (nSPS) is 12.8. The first kappa shape index (κ1) is 15.0. The van der Waals surface area contributed by atoms with Gasteiger partial charge in [-0.3, -0.25) is 14.9 Å². The monoisotopic (exact) mass is 312 g/mol. The number of para-hydroxylation sites is 1. The highest BCUT2D eigenvalue weighted by Crippen LogP contribution is 2.37. The zero-order valence-electron chi connectivity index (χ0n) is 12.7. The molecule has 6 heteroatoms. The second-order valence-corrected chi connectivity index (χ2v) is 5.21. The fourth-order valence-corrected chi connectivity index (χ4v) is 2.80.